The summed E-state index contributed by atoms with van der Waals surface area (Å²) >= 11 is 0. The van der Waals surface area contributed by atoms with Crippen molar-refractivity contribution in [2.45, 2.75) is 70.1 Å². The van der Waals surface area contributed by atoms with Crippen molar-refractivity contribution in [3.8, 4) is 0 Å². The van der Waals surface area contributed by atoms with Crippen molar-refractivity contribution in [3.63, 3.8) is 0 Å². The van der Waals surface area contributed by atoms with Crippen molar-refractivity contribution in [2.24, 2.45) is 0 Å². The van der Waals surface area contributed by atoms with E-state index in [0.717, 1.165) is 68.9 Å². The highest BCUT2D eigenvalue weighted by Gasteiger charge is 2.28. The van der Waals surface area contributed by atoms with Gasteiger partial charge in [0.1, 0.15) is 0 Å². The molecule has 8 heteroatoms. The zero-order chi connectivity index (χ0) is 19.6. The molecule has 0 aliphatic heterocycles. The number of carbonyl (C=O) groups is 1. The van der Waals surface area contributed by atoms with Crippen LogP contribution in [0.25, 0.3) is 0 Å². The van der Waals surface area contributed by atoms with Crippen molar-refractivity contribution < 1.29 is 14.1 Å². The summed E-state index contributed by atoms with van der Waals surface area (Å²) < 4.78 is 9.94. The second kappa shape index (κ2) is 10.7. The summed E-state index contributed by atoms with van der Waals surface area (Å²) in [4.78, 5) is 24.4. The molecule has 0 spiro atoms. The number of hydrogen-bond donors (Lipinski definition) is 1. The number of esters is 1. The molecular weight excluding hydrogens is 358 g/mol. The van der Waals surface area contributed by atoms with Crippen molar-refractivity contribution in [1.82, 2.24) is 20.1 Å². The van der Waals surface area contributed by atoms with E-state index in [0.29, 0.717) is 18.3 Å². The van der Waals surface area contributed by atoms with Crippen LogP contribution in [0.2, 0.25) is 0 Å². The Morgan fingerprint density at radius 2 is 2.04 bits per heavy atom. The third-order valence-electron chi connectivity index (χ3n) is 4.78. The fraction of sp³-hybridized carbons (Fsp3) is 0.650. The predicted octanol–water partition coefficient (Wildman–Crippen LogP) is 3.45. The third-order valence-corrected chi connectivity index (χ3v) is 4.78. The normalized spacial score (nSPS) is 13.5. The molecule has 0 bridgehead atoms. The van der Waals surface area contributed by atoms with Gasteiger partial charge in [0.05, 0.1) is 7.11 Å². The van der Waals surface area contributed by atoms with Gasteiger partial charge in [0.15, 0.2) is 5.82 Å². The van der Waals surface area contributed by atoms with E-state index < -0.39 is 0 Å². The Bertz CT molecular complexity index is 745. The second-order valence-electron chi connectivity index (χ2n) is 7.21. The summed E-state index contributed by atoms with van der Waals surface area (Å²) in [6.45, 7) is 0.836. The number of nitrogens with zero attached hydrogens (tertiary/aromatic N) is 4. The van der Waals surface area contributed by atoms with Gasteiger partial charge in [-0.15, -0.1) is 0 Å². The van der Waals surface area contributed by atoms with Crippen LogP contribution >= 0.6 is 0 Å². The first kappa shape index (κ1) is 20.2. The van der Waals surface area contributed by atoms with E-state index >= 15 is 0 Å². The van der Waals surface area contributed by atoms with E-state index in [-0.39, 0.29) is 5.97 Å². The summed E-state index contributed by atoms with van der Waals surface area (Å²) in [5.41, 5.74) is 0.991. The van der Waals surface area contributed by atoms with E-state index in [9.17, 15) is 4.79 Å². The van der Waals surface area contributed by atoms with Crippen LogP contribution in [0.1, 0.15) is 74.7 Å². The molecule has 3 rings (SSSR count). The van der Waals surface area contributed by atoms with Crippen LogP contribution in [-0.2, 0) is 22.4 Å². The lowest BCUT2D eigenvalue weighted by molar-refractivity contribution is -0.140. The maximum Gasteiger partial charge on any atom is 0.305 e. The van der Waals surface area contributed by atoms with Gasteiger partial charge in [0, 0.05) is 37.2 Å². The van der Waals surface area contributed by atoms with Crippen LogP contribution in [0.15, 0.2) is 16.8 Å². The molecule has 0 aromatic carbocycles. The molecule has 1 saturated carbocycles. The van der Waals surface area contributed by atoms with Gasteiger partial charge in [-0.2, -0.15) is 4.98 Å². The van der Waals surface area contributed by atoms with Crippen LogP contribution < -0.4 is 5.32 Å². The average molecular weight is 387 g/mol. The molecule has 2 aromatic rings. The first-order valence-electron chi connectivity index (χ1n) is 10.2. The van der Waals surface area contributed by atoms with Gasteiger partial charge in [0.25, 0.3) is 0 Å². The lowest BCUT2D eigenvalue weighted by Gasteiger charge is -2.06. The van der Waals surface area contributed by atoms with Crippen LogP contribution in [0.4, 0.5) is 5.95 Å². The number of aryl methyl sites for hydroxylation is 2. The van der Waals surface area contributed by atoms with Gasteiger partial charge >= 0.3 is 5.97 Å². The molecule has 2 aromatic heterocycles. The van der Waals surface area contributed by atoms with Gasteiger partial charge in [-0.25, -0.2) is 9.97 Å². The van der Waals surface area contributed by atoms with Crippen LogP contribution in [0.5, 0.6) is 0 Å². The quantitative estimate of drug-likeness (QED) is 0.412. The number of unbranched alkanes of at least 4 members (excludes halogenated alkanes) is 3. The number of aromatic nitrogens is 4. The minimum atomic E-state index is -0.160. The predicted molar refractivity (Wildman–Crippen MR) is 104 cm³/mol. The zero-order valence-corrected chi connectivity index (χ0v) is 16.5. The maximum absolute atomic E-state index is 11.1. The van der Waals surface area contributed by atoms with Crippen molar-refractivity contribution in [1.29, 1.82) is 0 Å². The summed E-state index contributed by atoms with van der Waals surface area (Å²) in [6.07, 6.45) is 11.2. The molecule has 1 aliphatic carbocycles. The molecule has 1 fully saturated rings. The zero-order valence-electron chi connectivity index (χ0n) is 16.5. The molecule has 1 aliphatic rings. The van der Waals surface area contributed by atoms with E-state index in [1.165, 1.54) is 20.0 Å². The Labute approximate surface area is 165 Å². The van der Waals surface area contributed by atoms with E-state index in [2.05, 4.69) is 30.2 Å². The Balaban J connectivity index is 1.26. The molecule has 152 valence electrons. The number of rotatable bonds is 13. The molecule has 0 atom stereocenters. The van der Waals surface area contributed by atoms with E-state index in [4.69, 9.17) is 4.52 Å². The lowest BCUT2D eigenvalue weighted by atomic mass is 10.1. The standard InChI is InChI=1S/C20H29N5O3/c1-27-18(26)9-5-4-7-16-12-14-22-20(23-16)21-13-6-2-3-8-17-24-19(25-28-17)15-10-11-15/h12,14-15H,2-11,13H2,1H3,(H,21,22,23). The van der Waals surface area contributed by atoms with Gasteiger partial charge in [-0.1, -0.05) is 11.6 Å². The summed E-state index contributed by atoms with van der Waals surface area (Å²) in [5.74, 6) is 2.70. The molecule has 28 heavy (non-hydrogen) atoms. The molecule has 1 N–H and O–H groups in total. The smallest absolute Gasteiger partial charge is 0.305 e. The number of methoxy groups -OCH3 is 1. The molecule has 0 amide bonds. The monoisotopic (exact) mass is 387 g/mol. The highest BCUT2D eigenvalue weighted by atomic mass is 16.5. The molecule has 0 saturated heterocycles. The fourth-order valence-electron chi connectivity index (χ4n) is 2.95. The van der Waals surface area contributed by atoms with Crippen molar-refractivity contribution in [2.75, 3.05) is 19.0 Å². The first-order chi connectivity index (χ1) is 13.7. The highest BCUT2D eigenvalue weighted by molar-refractivity contribution is 5.68. The topological polar surface area (TPSA) is 103 Å². The molecule has 8 nitrogen and oxygen atoms in total. The SMILES string of the molecule is COC(=O)CCCCc1ccnc(NCCCCCc2nc(C3CC3)no2)n1. The van der Waals surface area contributed by atoms with Crippen LogP contribution in [-0.4, -0.2) is 39.7 Å². The maximum atomic E-state index is 11.1. The number of hydrogen-bond acceptors (Lipinski definition) is 8. The van der Waals surface area contributed by atoms with Crippen LogP contribution in [0, 0.1) is 0 Å². The summed E-state index contributed by atoms with van der Waals surface area (Å²) in [5, 5.41) is 7.32. The number of carbonyl (C=O) groups excluding carboxylic acids is 1. The largest absolute Gasteiger partial charge is 0.469 e. The number of ether oxygens (including phenoxy) is 1. The highest BCUT2D eigenvalue weighted by Crippen LogP contribution is 2.38. The lowest BCUT2D eigenvalue weighted by Crippen LogP contribution is -2.07. The second-order valence-corrected chi connectivity index (χ2v) is 7.21. The van der Waals surface area contributed by atoms with Crippen molar-refractivity contribution >= 4 is 11.9 Å². The van der Waals surface area contributed by atoms with Gasteiger partial charge in [-0.05, 0) is 51.0 Å². The minimum Gasteiger partial charge on any atom is -0.469 e. The fourth-order valence-corrected chi connectivity index (χ4v) is 2.95. The van der Waals surface area contributed by atoms with Gasteiger partial charge in [0.2, 0.25) is 11.8 Å². The third kappa shape index (κ3) is 6.90. The number of anilines is 1. The Hall–Kier alpha value is -2.51. The first-order valence-corrected chi connectivity index (χ1v) is 10.2. The van der Waals surface area contributed by atoms with Gasteiger partial charge in [-0.3, -0.25) is 4.79 Å². The molecule has 2 heterocycles. The minimum absolute atomic E-state index is 0.160. The Morgan fingerprint density at radius 1 is 1.18 bits per heavy atom. The van der Waals surface area contributed by atoms with Crippen LogP contribution in [0.3, 0.4) is 0 Å². The Morgan fingerprint density at radius 3 is 2.86 bits per heavy atom. The Kier molecular flexibility index (Phi) is 7.75. The summed E-state index contributed by atoms with van der Waals surface area (Å²) in [6, 6.07) is 1.92. The molecule has 0 radical (unpaired) electrons. The molecule has 0 unspecified atom stereocenters. The number of nitrogens with one attached hydrogen (secondary N) is 1. The summed E-state index contributed by atoms with van der Waals surface area (Å²) in [7, 11) is 1.42. The average Bonchev–Trinajstić information content (AvgIpc) is 3.46. The van der Waals surface area contributed by atoms with E-state index in [1.54, 1.807) is 6.20 Å². The van der Waals surface area contributed by atoms with Gasteiger partial charge < -0.3 is 14.6 Å². The van der Waals surface area contributed by atoms with Crippen molar-refractivity contribution in [3.05, 3.63) is 29.7 Å². The molecular formula is C20H29N5O3. The van der Waals surface area contributed by atoms with E-state index in [1.807, 2.05) is 6.07 Å².